The highest BCUT2D eigenvalue weighted by atomic mass is 16.5. The molecule has 1 amide bonds. The van der Waals surface area contributed by atoms with Crippen LogP contribution in [0, 0.1) is 19.3 Å². The van der Waals surface area contributed by atoms with Crippen molar-refractivity contribution in [1.29, 1.82) is 0 Å². The average molecular weight is 308 g/mol. The predicted molar refractivity (Wildman–Crippen MR) is 85.8 cm³/mol. The second-order valence-corrected chi connectivity index (χ2v) is 6.45. The lowest BCUT2D eigenvalue weighted by atomic mass is 9.79. The van der Waals surface area contributed by atoms with Crippen molar-refractivity contribution in [2.45, 2.75) is 39.7 Å². The minimum absolute atomic E-state index is 0.0141. The van der Waals surface area contributed by atoms with Crippen LogP contribution in [0.2, 0.25) is 0 Å². The molecule has 2 N–H and O–H groups in total. The summed E-state index contributed by atoms with van der Waals surface area (Å²) >= 11 is 0. The van der Waals surface area contributed by atoms with Gasteiger partial charge in [0.15, 0.2) is 0 Å². The summed E-state index contributed by atoms with van der Waals surface area (Å²) in [5, 5.41) is 10.9. The van der Waals surface area contributed by atoms with Gasteiger partial charge in [0.2, 0.25) is 5.91 Å². The van der Waals surface area contributed by atoms with Gasteiger partial charge in [-0.3, -0.25) is 9.48 Å². The molecule has 1 aromatic rings. The largest absolute Gasteiger partial charge is 0.384 e. The fraction of sp³-hybridized carbons (Fsp3) is 0.750. The molecule has 1 saturated heterocycles. The van der Waals surface area contributed by atoms with Crippen LogP contribution in [-0.4, -0.2) is 49.0 Å². The van der Waals surface area contributed by atoms with E-state index in [1.165, 1.54) is 0 Å². The van der Waals surface area contributed by atoms with Gasteiger partial charge >= 0.3 is 0 Å². The first-order valence-electron chi connectivity index (χ1n) is 7.97. The Labute approximate surface area is 132 Å². The van der Waals surface area contributed by atoms with Crippen molar-refractivity contribution in [3.63, 3.8) is 0 Å². The summed E-state index contributed by atoms with van der Waals surface area (Å²) in [7, 11) is 1.73. The molecule has 124 valence electrons. The molecule has 6 nitrogen and oxygen atoms in total. The first-order valence-corrected chi connectivity index (χ1v) is 7.97. The maximum Gasteiger partial charge on any atom is 0.244 e. The number of nitrogens with zero attached hydrogens (tertiary/aromatic N) is 2. The Hall–Kier alpha value is -1.40. The molecule has 1 unspecified atom stereocenters. The fourth-order valence-electron chi connectivity index (χ4n) is 3.21. The quantitative estimate of drug-likeness (QED) is 0.828. The molecule has 1 atom stereocenters. The van der Waals surface area contributed by atoms with Crippen LogP contribution in [0.25, 0.3) is 0 Å². The molecule has 0 bridgehead atoms. The molecule has 0 aromatic carbocycles. The van der Waals surface area contributed by atoms with Crippen molar-refractivity contribution in [3.8, 4) is 0 Å². The highest BCUT2D eigenvalue weighted by Crippen LogP contribution is 2.28. The summed E-state index contributed by atoms with van der Waals surface area (Å²) in [5.74, 6) is 0.0141. The van der Waals surface area contributed by atoms with E-state index in [0.717, 1.165) is 37.3 Å². The Morgan fingerprint density at radius 3 is 2.73 bits per heavy atom. The number of rotatable bonds is 6. The van der Waals surface area contributed by atoms with Gasteiger partial charge < -0.3 is 15.4 Å². The van der Waals surface area contributed by atoms with Crippen molar-refractivity contribution < 1.29 is 9.53 Å². The molecular formula is C16H28N4O2. The van der Waals surface area contributed by atoms with E-state index in [1.807, 2.05) is 26.8 Å². The van der Waals surface area contributed by atoms with Gasteiger partial charge in [-0.1, -0.05) is 0 Å². The molecule has 1 fully saturated rings. The number of carbonyl (C=O) groups is 1. The van der Waals surface area contributed by atoms with Gasteiger partial charge in [-0.2, -0.15) is 5.10 Å². The average Bonchev–Trinajstić information content (AvgIpc) is 2.84. The summed E-state index contributed by atoms with van der Waals surface area (Å²) in [6.45, 7) is 9.10. The topological polar surface area (TPSA) is 68.2 Å². The maximum absolute atomic E-state index is 12.5. The third-order valence-corrected chi connectivity index (χ3v) is 4.54. The minimum Gasteiger partial charge on any atom is -0.384 e. The van der Waals surface area contributed by atoms with Crippen molar-refractivity contribution in [1.82, 2.24) is 20.4 Å². The van der Waals surface area contributed by atoms with Gasteiger partial charge in [-0.15, -0.1) is 0 Å². The zero-order chi connectivity index (χ0) is 16.2. The van der Waals surface area contributed by atoms with E-state index in [2.05, 4.69) is 15.7 Å². The number of hydrogen-bond acceptors (Lipinski definition) is 4. The normalized spacial score (nSPS) is 18.9. The Morgan fingerprint density at radius 2 is 2.18 bits per heavy atom. The van der Waals surface area contributed by atoms with Crippen molar-refractivity contribution in [2.75, 3.05) is 33.4 Å². The van der Waals surface area contributed by atoms with Gasteiger partial charge in [0, 0.05) is 24.8 Å². The first kappa shape index (κ1) is 17.0. The van der Waals surface area contributed by atoms with Gasteiger partial charge in [0.25, 0.3) is 0 Å². The monoisotopic (exact) mass is 308 g/mol. The van der Waals surface area contributed by atoms with E-state index >= 15 is 0 Å². The van der Waals surface area contributed by atoms with Crippen LogP contribution in [0.15, 0.2) is 6.07 Å². The number of nitrogens with one attached hydrogen (secondary N) is 2. The van der Waals surface area contributed by atoms with Gasteiger partial charge in [0.1, 0.15) is 6.04 Å². The standard InChI is InChI=1S/C16H28N4O2/c1-12-9-13(2)20(19-12)14(3)15(21)18-10-16(11-22-4)5-7-17-8-6-16/h9,14,17H,5-8,10-11H2,1-4H3,(H,18,21). The van der Waals surface area contributed by atoms with Crippen LogP contribution in [0.1, 0.15) is 37.2 Å². The number of carbonyl (C=O) groups excluding carboxylic acids is 1. The number of amides is 1. The van der Waals surface area contributed by atoms with Crippen molar-refractivity contribution in [3.05, 3.63) is 17.5 Å². The summed E-state index contributed by atoms with van der Waals surface area (Å²) in [6.07, 6.45) is 2.05. The van der Waals surface area contributed by atoms with E-state index in [1.54, 1.807) is 11.8 Å². The SMILES string of the molecule is COCC1(CNC(=O)C(C)n2nc(C)cc2C)CCNCC1. The summed E-state index contributed by atoms with van der Waals surface area (Å²) < 4.78 is 7.18. The number of ether oxygens (including phenoxy) is 1. The molecule has 22 heavy (non-hydrogen) atoms. The fourth-order valence-corrected chi connectivity index (χ4v) is 3.21. The molecule has 0 radical (unpaired) electrons. The molecule has 1 aliphatic rings. The number of aromatic nitrogens is 2. The Balaban J connectivity index is 1.97. The van der Waals surface area contributed by atoms with Crippen LogP contribution in [-0.2, 0) is 9.53 Å². The highest BCUT2D eigenvalue weighted by molar-refractivity contribution is 5.79. The zero-order valence-corrected chi connectivity index (χ0v) is 14.1. The van der Waals surface area contributed by atoms with Crippen LogP contribution in [0.4, 0.5) is 0 Å². The van der Waals surface area contributed by atoms with Crippen molar-refractivity contribution in [2.24, 2.45) is 5.41 Å². The van der Waals surface area contributed by atoms with Crippen LogP contribution >= 0.6 is 0 Å². The Kier molecular flexibility index (Phi) is 5.58. The maximum atomic E-state index is 12.5. The second kappa shape index (κ2) is 7.24. The molecule has 1 aromatic heterocycles. The van der Waals surface area contributed by atoms with Crippen LogP contribution in [0.3, 0.4) is 0 Å². The van der Waals surface area contributed by atoms with Gasteiger partial charge in [-0.25, -0.2) is 0 Å². The summed E-state index contributed by atoms with van der Waals surface area (Å²) in [6, 6.07) is 1.69. The van der Waals surface area contributed by atoms with E-state index < -0.39 is 0 Å². The molecule has 2 rings (SSSR count). The Bertz CT molecular complexity index is 501. The lowest BCUT2D eigenvalue weighted by Gasteiger charge is -2.37. The summed E-state index contributed by atoms with van der Waals surface area (Å²) in [5.41, 5.74) is 1.99. The molecule has 0 spiro atoms. The lowest BCUT2D eigenvalue weighted by Crippen LogP contribution is -2.48. The predicted octanol–water partition coefficient (Wildman–Crippen LogP) is 1.19. The van der Waals surface area contributed by atoms with E-state index in [-0.39, 0.29) is 17.4 Å². The zero-order valence-electron chi connectivity index (χ0n) is 14.1. The second-order valence-electron chi connectivity index (χ2n) is 6.45. The van der Waals surface area contributed by atoms with E-state index in [0.29, 0.717) is 13.2 Å². The minimum atomic E-state index is -0.296. The molecule has 2 heterocycles. The molecule has 0 aliphatic carbocycles. The van der Waals surface area contributed by atoms with Gasteiger partial charge in [0.05, 0.1) is 12.3 Å². The number of methoxy groups -OCH3 is 1. The number of aryl methyl sites for hydroxylation is 2. The number of piperidine rings is 1. The Morgan fingerprint density at radius 1 is 1.50 bits per heavy atom. The number of hydrogen-bond donors (Lipinski definition) is 2. The molecule has 1 aliphatic heterocycles. The van der Waals surface area contributed by atoms with E-state index in [4.69, 9.17) is 4.74 Å². The van der Waals surface area contributed by atoms with Crippen LogP contribution in [0.5, 0.6) is 0 Å². The highest BCUT2D eigenvalue weighted by Gasteiger charge is 2.33. The lowest BCUT2D eigenvalue weighted by molar-refractivity contribution is -0.125. The third kappa shape index (κ3) is 3.87. The molecule has 0 saturated carbocycles. The van der Waals surface area contributed by atoms with Gasteiger partial charge in [-0.05, 0) is 52.8 Å². The first-order chi connectivity index (χ1) is 10.5. The van der Waals surface area contributed by atoms with Crippen LogP contribution < -0.4 is 10.6 Å². The summed E-state index contributed by atoms with van der Waals surface area (Å²) in [4.78, 5) is 12.5. The smallest absolute Gasteiger partial charge is 0.244 e. The van der Waals surface area contributed by atoms with Crippen molar-refractivity contribution >= 4 is 5.91 Å². The molecule has 6 heteroatoms. The molecular weight excluding hydrogens is 280 g/mol. The van der Waals surface area contributed by atoms with E-state index in [9.17, 15) is 4.79 Å². The third-order valence-electron chi connectivity index (χ3n) is 4.54.